The summed E-state index contributed by atoms with van der Waals surface area (Å²) in [5.74, 6) is -0.147. The first-order valence-corrected chi connectivity index (χ1v) is 14.8. The van der Waals surface area contributed by atoms with Crippen LogP contribution in [0.5, 0.6) is 0 Å². The van der Waals surface area contributed by atoms with Crippen LogP contribution in [0.15, 0.2) is 48.5 Å². The summed E-state index contributed by atoms with van der Waals surface area (Å²) in [6.07, 6.45) is -1.09. The van der Waals surface area contributed by atoms with E-state index in [1.807, 2.05) is 31.2 Å². The van der Waals surface area contributed by atoms with Crippen LogP contribution in [0.1, 0.15) is 63.2 Å². The minimum absolute atomic E-state index is 0.0925. The first kappa shape index (κ1) is 28.5. The van der Waals surface area contributed by atoms with Gasteiger partial charge in [-0.2, -0.15) is 0 Å². The molecule has 4 atom stereocenters. The number of H-pyrrole nitrogens is 1. The Hall–Kier alpha value is -2.53. The molecule has 1 unspecified atom stereocenters. The van der Waals surface area contributed by atoms with Crippen molar-refractivity contribution in [2.45, 2.75) is 69.6 Å². The zero-order chi connectivity index (χ0) is 27.7. The van der Waals surface area contributed by atoms with E-state index in [0.29, 0.717) is 22.3 Å². The van der Waals surface area contributed by atoms with Gasteiger partial charge in [0.2, 0.25) is 0 Å². The van der Waals surface area contributed by atoms with Crippen LogP contribution in [0.4, 0.5) is 0 Å². The molecule has 1 N–H and O–H groups in total. The molecule has 1 fully saturated rings. The predicted octanol–water partition coefficient (Wildman–Crippen LogP) is 4.75. The van der Waals surface area contributed by atoms with Gasteiger partial charge in [0.15, 0.2) is 15.7 Å². The molecule has 1 amide bonds. The minimum Gasteiger partial charge on any atom is -0.357 e. The Labute approximate surface area is 232 Å². The fraction of sp³-hybridized carbons (Fsp3) is 0.462. The van der Waals surface area contributed by atoms with Crippen molar-refractivity contribution >= 4 is 38.9 Å². The molecule has 0 aliphatic carbocycles. The van der Waals surface area contributed by atoms with Gasteiger partial charge >= 0.3 is 0 Å². The van der Waals surface area contributed by atoms with Crippen LogP contribution >= 0.6 is 23.2 Å². The van der Waals surface area contributed by atoms with E-state index < -0.39 is 38.9 Å². The topological polar surface area (TPSA) is 118 Å². The standard InChI is InChI=1S/C26H31Cl2N5O4S/c1-5-20(15-38(35,36)26(2,3)4)33-23(16-9-11-18(27)12-10-16)24(17-7-6-8-19(28)13-17)37-21(25(33)34)14-22-29-31-32-30-22/h6-13,20-21,23-24H,5,14-15H2,1-4H3,(H,29,30,31,32)/t20?,21-,23-,24-/m1/s1. The van der Waals surface area contributed by atoms with E-state index in [-0.39, 0.29) is 18.1 Å². The number of nitrogens with one attached hydrogen (secondary N) is 1. The number of nitrogens with zero attached hydrogens (tertiary/aromatic N) is 4. The maximum Gasteiger partial charge on any atom is 0.253 e. The van der Waals surface area contributed by atoms with Crippen molar-refractivity contribution in [2.24, 2.45) is 0 Å². The largest absolute Gasteiger partial charge is 0.357 e. The maximum absolute atomic E-state index is 14.2. The highest BCUT2D eigenvalue weighted by molar-refractivity contribution is 7.92. The molecule has 2 heterocycles. The van der Waals surface area contributed by atoms with E-state index in [4.69, 9.17) is 27.9 Å². The molecule has 3 aromatic rings. The molecule has 4 rings (SSSR count). The van der Waals surface area contributed by atoms with Crippen molar-refractivity contribution in [2.75, 3.05) is 5.75 Å². The highest BCUT2D eigenvalue weighted by Crippen LogP contribution is 2.45. The van der Waals surface area contributed by atoms with Crippen molar-refractivity contribution in [1.82, 2.24) is 25.5 Å². The molecule has 1 saturated heterocycles. The van der Waals surface area contributed by atoms with Crippen LogP contribution in [0.2, 0.25) is 10.0 Å². The summed E-state index contributed by atoms with van der Waals surface area (Å²) in [5.41, 5.74) is 1.52. The molecular formula is C26H31Cl2N5O4S. The number of aromatic nitrogens is 4. The fourth-order valence-corrected chi connectivity index (χ4v) is 6.31. The number of hydrogen-bond acceptors (Lipinski definition) is 7. The second-order valence-electron chi connectivity index (χ2n) is 10.4. The number of tetrazole rings is 1. The third kappa shape index (κ3) is 6.03. The lowest BCUT2D eigenvalue weighted by molar-refractivity contribution is -0.178. The van der Waals surface area contributed by atoms with Crippen molar-refractivity contribution in [3.8, 4) is 0 Å². The van der Waals surface area contributed by atoms with Gasteiger partial charge in [0.05, 0.1) is 16.5 Å². The summed E-state index contributed by atoms with van der Waals surface area (Å²) >= 11 is 12.5. The highest BCUT2D eigenvalue weighted by Gasteiger charge is 2.48. The fourth-order valence-electron chi connectivity index (χ4n) is 4.58. The summed E-state index contributed by atoms with van der Waals surface area (Å²) in [6, 6.07) is 13.2. The number of aromatic amines is 1. The van der Waals surface area contributed by atoms with Crippen LogP contribution in [-0.2, 0) is 25.8 Å². The number of amides is 1. The summed E-state index contributed by atoms with van der Waals surface area (Å²) in [7, 11) is -3.57. The van der Waals surface area contributed by atoms with E-state index in [2.05, 4.69) is 20.6 Å². The zero-order valence-corrected chi connectivity index (χ0v) is 24.0. The predicted molar refractivity (Wildman–Crippen MR) is 146 cm³/mol. The maximum atomic E-state index is 14.2. The molecule has 204 valence electrons. The van der Waals surface area contributed by atoms with Gasteiger partial charge in [0.25, 0.3) is 5.91 Å². The minimum atomic E-state index is -3.57. The molecule has 2 aromatic carbocycles. The molecule has 12 heteroatoms. The molecule has 38 heavy (non-hydrogen) atoms. The van der Waals surface area contributed by atoms with Crippen LogP contribution in [0, 0.1) is 0 Å². The smallest absolute Gasteiger partial charge is 0.253 e. The third-order valence-electron chi connectivity index (χ3n) is 6.79. The number of morpholine rings is 1. The van der Waals surface area contributed by atoms with Gasteiger partial charge in [-0.25, -0.2) is 13.5 Å². The van der Waals surface area contributed by atoms with E-state index in [1.54, 1.807) is 49.9 Å². The highest BCUT2D eigenvalue weighted by atomic mass is 35.5. The van der Waals surface area contributed by atoms with Crippen LogP contribution in [0.3, 0.4) is 0 Å². The van der Waals surface area contributed by atoms with E-state index >= 15 is 0 Å². The van der Waals surface area contributed by atoms with Gasteiger partial charge in [-0.1, -0.05) is 54.4 Å². The zero-order valence-electron chi connectivity index (χ0n) is 21.6. The Morgan fingerprint density at radius 2 is 1.79 bits per heavy atom. The number of carbonyl (C=O) groups is 1. The molecular weight excluding hydrogens is 549 g/mol. The molecule has 1 aliphatic rings. The lowest BCUT2D eigenvalue weighted by atomic mass is 9.89. The summed E-state index contributed by atoms with van der Waals surface area (Å²) in [4.78, 5) is 15.8. The van der Waals surface area contributed by atoms with Crippen molar-refractivity contribution in [3.05, 3.63) is 75.5 Å². The van der Waals surface area contributed by atoms with E-state index in [9.17, 15) is 13.2 Å². The summed E-state index contributed by atoms with van der Waals surface area (Å²) < 4.78 is 32.2. The molecule has 0 bridgehead atoms. The molecule has 0 spiro atoms. The van der Waals surface area contributed by atoms with Gasteiger partial charge in [-0.3, -0.25) is 4.79 Å². The Morgan fingerprint density at radius 1 is 1.08 bits per heavy atom. The molecule has 1 aromatic heterocycles. The number of ether oxygens (including phenoxy) is 1. The van der Waals surface area contributed by atoms with Crippen molar-refractivity contribution < 1.29 is 17.9 Å². The Balaban J connectivity index is 1.87. The summed E-state index contributed by atoms with van der Waals surface area (Å²) in [5, 5.41) is 14.9. The normalized spacial score (nSPS) is 21.5. The molecule has 9 nitrogen and oxygen atoms in total. The number of benzene rings is 2. The van der Waals surface area contributed by atoms with Crippen LogP contribution < -0.4 is 0 Å². The second kappa shape index (κ2) is 11.3. The number of sulfone groups is 1. The number of hydrogen-bond donors (Lipinski definition) is 1. The molecule has 1 aliphatic heterocycles. The van der Waals surface area contributed by atoms with Gasteiger partial charge < -0.3 is 9.64 Å². The average molecular weight is 581 g/mol. The van der Waals surface area contributed by atoms with Gasteiger partial charge in [0, 0.05) is 22.5 Å². The van der Waals surface area contributed by atoms with Crippen molar-refractivity contribution in [3.63, 3.8) is 0 Å². The Bertz CT molecular complexity index is 1360. The SMILES string of the molecule is CCC(CS(=O)(=O)C(C)(C)C)N1C(=O)[C@@H](Cc2nnn[nH]2)O[C@H](c2cccc(Cl)c2)[C@H]1c1ccc(Cl)cc1. The Morgan fingerprint density at radius 3 is 2.37 bits per heavy atom. The first-order valence-electron chi connectivity index (χ1n) is 12.3. The van der Waals surface area contributed by atoms with Crippen LogP contribution in [0.25, 0.3) is 0 Å². The van der Waals surface area contributed by atoms with Gasteiger partial charge in [-0.05, 0) is 73.0 Å². The number of rotatable bonds is 8. The number of halogens is 2. The molecule has 0 radical (unpaired) electrons. The van der Waals surface area contributed by atoms with Crippen molar-refractivity contribution in [1.29, 1.82) is 0 Å². The lowest BCUT2D eigenvalue weighted by Gasteiger charge is -2.48. The third-order valence-corrected chi connectivity index (χ3v) is 9.97. The van der Waals surface area contributed by atoms with E-state index in [1.165, 1.54) is 0 Å². The lowest BCUT2D eigenvalue weighted by Crippen LogP contribution is -2.57. The average Bonchev–Trinajstić information content (AvgIpc) is 3.37. The summed E-state index contributed by atoms with van der Waals surface area (Å²) in [6.45, 7) is 6.89. The second-order valence-corrected chi connectivity index (χ2v) is 14.0. The quantitative estimate of drug-likeness (QED) is 0.409. The van der Waals surface area contributed by atoms with Gasteiger partial charge in [-0.15, -0.1) is 5.10 Å². The first-order chi connectivity index (χ1) is 17.9. The number of carbonyl (C=O) groups excluding carboxylic acids is 1. The van der Waals surface area contributed by atoms with Crippen LogP contribution in [-0.4, -0.2) is 62.5 Å². The monoisotopic (exact) mass is 579 g/mol. The van der Waals surface area contributed by atoms with E-state index in [0.717, 1.165) is 11.1 Å². The van der Waals surface area contributed by atoms with Gasteiger partial charge in [0.1, 0.15) is 12.2 Å². The molecule has 0 saturated carbocycles. The Kier molecular flexibility index (Phi) is 8.46.